The van der Waals surface area contributed by atoms with Crippen molar-refractivity contribution in [2.75, 3.05) is 19.6 Å². The first-order valence-corrected chi connectivity index (χ1v) is 10.7. The lowest BCUT2D eigenvalue weighted by molar-refractivity contribution is -0.119. The Morgan fingerprint density at radius 3 is 2.29 bits per heavy atom. The van der Waals surface area contributed by atoms with Crippen molar-refractivity contribution in [2.45, 2.75) is 33.4 Å². The third-order valence-electron chi connectivity index (χ3n) is 5.18. The van der Waals surface area contributed by atoms with Crippen molar-refractivity contribution in [3.8, 4) is 11.3 Å². The van der Waals surface area contributed by atoms with Crippen molar-refractivity contribution in [1.82, 2.24) is 20.2 Å². The number of nitrogens with one attached hydrogen (secondary N) is 2. The molecular weight excluding hydrogens is 386 g/mol. The second-order valence-corrected chi connectivity index (χ2v) is 8.77. The zero-order chi connectivity index (χ0) is 22.3. The molecule has 6 heteroatoms. The van der Waals surface area contributed by atoms with Crippen LogP contribution in [-0.2, 0) is 11.3 Å². The molecule has 0 aliphatic carbocycles. The van der Waals surface area contributed by atoms with Crippen molar-refractivity contribution in [2.24, 2.45) is 11.1 Å². The molecule has 0 spiro atoms. The van der Waals surface area contributed by atoms with Crippen LogP contribution in [0.15, 0.2) is 66.9 Å². The number of benzene rings is 2. The largest absolute Gasteiger partial charge is 0.354 e. The number of imidazole rings is 1. The van der Waals surface area contributed by atoms with Gasteiger partial charge in [0, 0.05) is 31.4 Å². The highest BCUT2D eigenvalue weighted by atomic mass is 16.1. The summed E-state index contributed by atoms with van der Waals surface area (Å²) in [5.74, 6) is 0.839. The molecule has 0 unspecified atom stereocenters. The molecule has 0 fully saturated rings. The Hall–Kier alpha value is -2.96. The predicted molar refractivity (Wildman–Crippen MR) is 125 cm³/mol. The monoisotopic (exact) mass is 419 g/mol. The summed E-state index contributed by atoms with van der Waals surface area (Å²) < 4.78 is 2.24. The molecule has 164 valence electrons. The fourth-order valence-electron chi connectivity index (χ4n) is 3.59. The van der Waals surface area contributed by atoms with Crippen LogP contribution in [-0.4, -0.2) is 35.1 Å². The molecule has 0 bridgehead atoms. The van der Waals surface area contributed by atoms with Gasteiger partial charge in [0.25, 0.3) is 0 Å². The number of nitrogens with two attached hydrogens (primary N) is 1. The van der Waals surface area contributed by atoms with E-state index in [0.717, 1.165) is 23.6 Å². The molecule has 0 radical (unpaired) electrons. The maximum absolute atomic E-state index is 11.5. The molecule has 6 nitrogen and oxygen atoms in total. The summed E-state index contributed by atoms with van der Waals surface area (Å²) in [6.07, 6.45) is 2.13. The summed E-state index contributed by atoms with van der Waals surface area (Å²) in [6.45, 7) is 8.51. The molecule has 1 aromatic heterocycles. The highest BCUT2D eigenvalue weighted by Gasteiger charge is 2.30. The van der Waals surface area contributed by atoms with E-state index in [1.165, 1.54) is 5.56 Å². The summed E-state index contributed by atoms with van der Waals surface area (Å²) in [5, 5.41) is 6.43. The molecule has 4 N–H and O–H groups in total. The number of aromatic nitrogens is 2. The maximum Gasteiger partial charge on any atom is 0.233 e. The quantitative estimate of drug-likeness (QED) is 0.464. The maximum atomic E-state index is 11.5. The predicted octanol–water partition coefficient (Wildman–Crippen LogP) is 3.35. The van der Waals surface area contributed by atoms with Crippen molar-refractivity contribution < 1.29 is 4.79 Å². The topological polar surface area (TPSA) is 85.0 Å². The zero-order valence-electron chi connectivity index (χ0n) is 18.6. The smallest absolute Gasteiger partial charge is 0.233 e. The minimum absolute atomic E-state index is 0.00320. The average Bonchev–Trinajstić information content (AvgIpc) is 3.17. The fourth-order valence-corrected chi connectivity index (χ4v) is 3.59. The number of nitrogens with zero attached hydrogens (tertiary/aromatic N) is 2. The summed E-state index contributed by atoms with van der Waals surface area (Å²) in [7, 11) is 0. The van der Waals surface area contributed by atoms with E-state index >= 15 is 0 Å². The van der Waals surface area contributed by atoms with Gasteiger partial charge in [-0.05, 0) is 11.0 Å². The lowest BCUT2D eigenvalue weighted by atomic mass is 9.86. The standard InChI is InChI=1S/C25H33N5O/c1-25(2,3)23(28-15-14-27-22(31)16-26)24-29-21(20-12-8-5-9-13-20)18-30(24)17-19-10-6-4-7-11-19/h4-13,18,23,28H,14-17,26H2,1-3H3,(H,27,31)/t23-/m0/s1. The van der Waals surface area contributed by atoms with Crippen molar-refractivity contribution in [3.63, 3.8) is 0 Å². The molecule has 0 aliphatic rings. The first-order valence-electron chi connectivity index (χ1n) is 10.7. The van der Waals surface area contributed by atoms with Crippen LogP contribution in [0.2, 0.25) is 0 Å². The minimum Gasteiger partial charge on any atom is -0.354 e. The Bertz CT molecular complexity index is 961. The number of hydrogen-bond acceptors (Lipinski definition) is 4. The third-order valence-corrected chi connectivity index (χ3v) is 5.18. The second kappa shape index (κ2) is 10.4. The summed E-state index contributed by atoms with van der Waals surface area (Å²) in [6, 6.07) is 20.7. The minimum atomic E-state index is -0.147. The Morgan fingerprint density at radius 1 is 1.03 bits per heavy atom. The van der Waals surface area contributed by atoms with Crippen molar-refractivity contribution >= 4 is 5.91 Å². The highest BCUT2D eigenvalue weighted by Crippen LogP contribution is 2.34. The third kappa shape index (κ3) is 6.26. The Kier molecular flexibility index (Phi) is 7.60. The van der Waals surface area contributed by atoms with Crippen molar-refractivity contribution in [1.29, 1.82) is 0 Å². The van der Waals surface area contributed by atoms with E-state index in [1.807, 2.05) is 24.3 Å². The molecule has 0 saturated carbocycles. The van der Waals surface area contributed by atoms with Crippen LogP contribution >= 0.6 is 0 Å². The van der Waals surface area contributed by atoms with E-state index in [4.69, 9.17) is 10.7 Å². The average molecular weight is 420 g/mol. The van der Waals surface area contributed by atoms with Crippen LogP contribution in [0, 0.1) is 5.41 Å². The SMILES string of the molecule is CC(C)(C)[C@@H](NCCNC(=O)CN)c1nc(-c2ccccc2)cn1Cc1ccccc1. The number of hydrogen-bond donors (Lipinski definition) is 3. The van der Waals surface area contributed by atoms with Crippen LogP contribution in [0.5, 0.6) is 0 Å². The van der Waals surface area contributed by atoms with E-state index < -0.39 is 0 Å². The van der Waals surface area contributed by atoms with Crippen LogP contribution in [0.3, 0.4) is 0 Å². The number of rotatable bonds is 9. The molecule has 1 atom stereocenters. The molecule has 1 amide bonds. The van der Waals surface area contributed by atoms with E-state index in [9.17, 15) is 4.79 Å². The molecular formula is C25H33N5O. The van der Waals surface area contributed by atoms with Gasteiger partial charge in [-0.25, -0.2) is 4.98 Å². The van der Waals surface area contributed by atoms with Crippen LogP contribution in [0.4, 0.5) is 0 Å². The van der Waals surface area contributed by atoms with Crippen LogP contribution in [0.1, 0.15) is 38.2 Å². The van der Waals surface area contributed by atoms with Gasteiger partial charge >= 0.3 is 0 Å². The Morgan fingerprint density at radius 2 is 1.68 bits per heavy atom. The van der Waals surface area contributed by atoms with E-state index in [2.05, 4.69) is 78.6 Å². The Balaban J connectivity index is 1.91. The van der Waals surface area contributed by atoms with E-state index in [1.54, 1.807) is 0 Å². The highest BCUT2D eigenvalue weighted by molar-refractivity contribution is 5.77. The number of amides is 1. The van der Waals surface area contributed by atoms with Gasteiger partial charge in [-0.15, -0.1) is 0 Å². The van der Waals surface area contributed by atoms with Gasteiger partial charge in [-0.2, -0.15) is 0 Å². The summed E-state index contributed by atoms with van der Waals surface area (Å²) in [5.41, 5.74) is 8.58. The Labute approximate surface area is 184 Å². The fraction of sp³-hybridized carbons (Fsp3) is 0.360. The van der Waals surface area contributed by atoms with Gasteiger partial charge in [0.15, 0.2) is 0 Å². The van der Waals surface area contributed by atoms with Gasteiger partial charge in [0.1, 0.15) is 5.82 Å². The summed E-state index contributed by atoms with van der Waals surface area (Å²) in [4.78, 5) is 16.5. The lowest BCUT2D eigenvalue weighted by Gasteiger charge is -2.31. The normalized spacial score (nSPS) is 12.5. The van der Waals surface area contributed by atoms with Gasteiger partial charge in [0.05, 0.1) is 18.3 Å². The molecule has 0 aliphatic heterocycles. The number of carbonyl (C=O) groups is 1. The van der Waals surface area contributed by atoms with E-state index in [-0.39, 0.29) is 23.9 Å². The first kappa shape index (κ1) is 22.7. The first-order chi connectivity index (χ1) is 14.9. The molecule has 31 heavy (non-hydrogen) atoms. The van der Waals surface area contributed by atoms with Gasteiger partial charge in [-0.1, -0.05) is 81.4 Å². The van der Waals surface area contributed by atoms with Crippen molar-refractivity contribution in [3.05, 3.63) is 78.2 Å². The number of carbonyl (C=O) groups excluding carboxylic acids is 1. The van der Waals surface area contributed by atoms with E-state index in [0.29, 0.717) is 13.1 Å². The van der Waals surface area contributed by atoms with Gasteiger partial charge < -0.3 is 20.9 Å². The lowest BCUT2D eigenvalue weighted by Crippen LogP contribution is -2.40. The van der Waals surface area contributed by atoms with Crippen LogP contribution < -0.4 is 16.4 Å². The van der Waals surface area contributed by atoms with Gasteiger partial charge in [-0.3, -0.25) is 4.79 Å². The molecule has 2 aromatic carbocycles. The molecule has 0 saturated heterocycles. The second-order valence-electron chi connectivity index (χ2n) is 8.77. The molecule has 3 aromatic rings. The van der Waals surface area contributed by atoms with Gasteiger partial charge in [0.2, 0.25) is 5.91 Å². The van der Waals surface area contributed by atoms with Crippen LogP contribution in [0.25, 0.3) is 11.3 Å². The summed E-state index contributed by atoms with van der Waals surface area (Å²) >= 11 is 0. The molecule has 1 heterocycles. The molecule has 3 rings (SSSR count). The zero-order valence-corrected chi connectivity index (χ0v) is 18.6.